The van der Waals surface area contributed by atoms with Crippen molar-refractivity contribution < 1.29 is 28.0 Å². The lowest BCUT2D eigenvalue weighted by atomic mass is 10.1. The zero-order valence-electron chi connectivity index (χ0n) is 11.1. The summed E-state index contributed by atoms with van der Waals surface area (Å²) >= 11 is 0. The Morgan fingerprint density at radius 2 is 2.14 bits per heavy atom. The van der Waals surface area contributed by atoms with Gasteiger partial charge in [-0.15, -0.1) is 0 Å². The molecule has 0 bridgehead atoms. The molecule has 0 atom stereocenters. The Kier molecular flexibility index (Phi) is 5.61. The molecule has 21 heavy (non-hydrogen) atoms. The van der Waals surface area contributed by atoms with Gasteiger partial charge in [0.15, 0.2) is 0 Å². The quantitative estimate of drug-likeness (QED) is 0.415. The highest BCUT2D eigenvalue weighted by Gasteiger charge is 2.19. The number of aromatic carboxylic acids is 1. The number of rotatable bonds is 8. The number of methoxy groups -OCH3 is 1. The Labute approximate surface area is 120 Å². The van der Waals surface area contributed by atoms with Crippen LogP contribution in [0.5, 0.6) is 0 Å². The summed E-state index contributed by atoms with van der Waals surface area (Å²) in [6.07, 6.45) is 0.211. The maximum atomic E-state index is 11.8. The van der Waals surface area contributed by atoms with Gasteiger partial charge in [0.2, 0.25) is 10.0 Å². The van der Waals surface area contributed by atoms with Crippen molar-refractivity contribution in [3.05, 3.63) is 33.9 Å². The molecule has 0 unspecified atom stereocenters. The molecular weight excluding hydrogens is 304 g/mol. The first-order chi connectivity index (χ1) is 9.76. The van der Waals surface area contributed by atoms with Crippen LogP contribution in [0.15, 0.2) is 18.2 Å². The maximum Gasteiger partial charge on any atom is 0.337 e. The number of hydrogen-bond acceptors (Lipinski definition) is 6. The second kappa shape index (κ2) is 6.99. The largest absolute Gasteiger partial charge is 0.478 e. The summed E-state index contributed by atoms with van der Waals surface area (Å²) < 4.78 is 30.4. The van der Waals surface area contributed by atoms with Crippen LogP contribution in [-0.4, -0.2) is 43.9 Å². The number of non-ortho nitro benzene ring substituents is 1. The van der Waals surface area contributed by atoms with Crippen LogP contribution >= 0.6 is 0 Å². The highest BCUT2D eigenvalue weighted by atomic mass is 32.2. The first-order valence-corrected chi connectivity index (χ1v) is 7.43. The van der Waals surface area contributed by atoms with E-state index in [9.17, 15) is 23.3 Å². The summed E-state index contributed by atoms with van der Waals surface area (Å²) in [6, 6.07) is 2.84. The molecule has 0 aliphatic heterocycles. The summed E-state index contributed by atoms with van der Waals surface area (Å²) in [5.74, 6) is -1.68. The number of benzene rings is 1. The standard InChI is InChI=1S/C11H14N2O7S/c1-20-5-2-6-21(18,19)12-10-7-8(13(16)17)3-4-9(10)11(14)15/h3-4,7,12H,2,5-6H2,1H3,(H,14,15). The van der Waals surface area contributed by atoms with E-state index in [-0.39, 0.29) is 30.0 Å². The number of ether oxygens (including phenoxy) is 1. The van der Waals surface area contributed by atoms with Crippen LogP contribution in [0.4, 0.5) is 11.4 Å². The molecule has 116 valence electrons. The van der Waals surface area contributed by atoms with Gasteiger partial charge in [-0.1, -0.05) is 0 Å². The summed E-state index contributed by atoms with van der Waals surface area (Å²) in [5.41, 5.74) is -1.11. The highest BCUT2D eigenvalue weighted by Crippen LogP contribution is 2.23. The predicted octanol–water partition coefficient (Wildman–Crippen LogP) is 1.07. The van der Waals surface area contributed by atoms with Gasteiger partial charge in [0, 0.05) is 25.8 Å². The normalized spacial score (nSPS) is 11.1. The second-order valence-electron chi connectivity index (χ2n) is 4.06. The number of nitro benzene ring substituents is 1. The molecule has 1 rings (SSSR count). The molecule has 10 heteroatoms. The molecule has 0 aliphatic carbocycles. The number of hydrogen-bond donors (Lipinski definition) is 2. The summed E-state index contributed by atoms with van der Waals surface area (Å²) in [4.78, 5) is 21.0. The van der Waals surface area contributed by atoms with Gasteiger partial charge in [0.1, 0.15) is 0 Å². The molecule has 1 aromatic rings. The van der Waals surface area contributed by atoms with Crippen molar-refractivity contribution in [2.75, 3.05) is 24.2 Å². The lowest BCUT2D eigenvalue weighted by Gasteiger charge is -2.10. The number of nitro groups is 1. The molecule has 0 radical (unpaired) electrons. The summed E-state index contributed by atoms with van der Waals surface area (Å²) in [7, 11) is -2.40. The third kappa shape index (κ3) is 5.00. The Hall–Kier alpha value is -2.20. The highest BCUT2D eigenvalue weighted by molar-refractivity contribution is 7.92. The van der Waals surface area contributed by atoms with Gasteiger partial charge in [0.25, 0.3) is 5.69 Å². The summed E-state index contributed by atoms with van der Waals surface area (Å²) in [5, 5.41) is 19.7. The Morgan fingerprint density at radius 1 is 1.48 bits per heavy atom. The second-order valence-corrected chi connectivity index (χ2v) is 5.90. The number of carboxylic acid groups (broad SMARTS) is 1. The molecule has 1 aromatic carbocycles. The average Bonchev–Trinajstić information content (AvgIpc) is 2.37. The Morgan fingerprint density at radius 3 is 2.67 bits per heavy atom. The van der Waals surface area contributed by atoms with E-state index < -0.39 is 26.6 Å². The average molecular weight is 318 g/mol. The number of carboxylic acids is 1. The van der Waals surface area contributed by atoms with Gasteiger partial charge in [0.05, 0.1) is 21.9 Å². The summed E-state index contributed by atoms with van der Waals surface area (Å²) in [6.45, 7) is 0.224. The van der Waals surface area contributed by atoms with Crippen molar-refractivity contribution in [3.63, 3.8) is 0 Å². The smallest absolute Gasteiger partial charge is 0.337 e. The first kappa shape index (κ1) is 16.9. The molecule has 0 heterocycles. The van der Waals surface area contributed by atoms with Crippen molar-refractivity contribution in [2.24, 2.45) is 0 Å². The van der Waals surface area contributed by atoms with Crippen LogP contribution < -0.4 is 4.72 Å². The van der Waals surface area contributed by atoms with Gasteiger partial charge in [-0.2, -0.15) is 0 Å². The lowest BCUT2D eigenvalue weighted by Crippen LogP contribution is -2.19. The SMILES string of the molecule is COCCCS(=O)(=O)Nc1cc([N+](=O)[O-])ccc1C(=O)O. The topological polar surface area (TPSA) is 136 Å². The van der Waals surface area contributed by atoms with Crippen molar-refractivity contribution in [3.8, 4) is 0 Å². The molecule has 0 spiro atoms. The van der Waals surface area contributed by atoms with Crippen LogP contribution in [0.2, 0.25) is 0 Å². The number of nitrogens with one attached hydrogen (secondary N) is 1. The van der Waals surface area contributed by atoms with E-state index in [0.29, 0.717) is 0 Å². The molecule has 2 N–H and O–H groups in total. The number of carbonyl (C=O) groups is 1. The van der Waals surface area contributed by atoms with E-state index >= 15 is 0 Å². The van der Waals surface area contributed by atoms with Crippen molar-refractivity contribution in [1.29, 1.82) is 0 Å². The fourth-order valence-electron chi connectivity index (χ4n) is 1.53. The van der Waals surface area contributed by atoms with Gasteiger partial charge < -0.3 is 9.84 Å². The van der Waals surface area contributed by atoms with E-state index in [2.05, 4.69) is 4.72 Å². The minimum Gasteiger partial charge on any atom is -0.478 e. The minimum absolute atomic E-state index is 0.211. The molecule has 0 aromatic heterocycles. The zero-order valence-corrected chi connectivity index (χ0v) is 11.9. The molecule has 0 amide bonds. The molecular formula is C11H14N2O7S. The Bertz CT molecular complexity index is 642. The number of anilines is 1. The van der Waals surface area contributed by atoms with Gasteiger partial charge in [-0.25, -0.2) is 13.2 Å². The fraction of sp³-hybridized carbons (Fsp3) is 0.364. The monoisotopic (exact) mass is 318 g/mol. The van der Waals surface area contributed by atoms with Crippen molar-refractivity contribution >= 4 is 27.4 Å². The van der Waals surface area contributed by atoms with Crippen LogP contribution in [0.3, 0.4) is 0 Å². The first-order valence-electron chi connectivity index (χ1n) is 5.78. The lowest BCUT2D eigenvalue weighted by molar-refractivity contribution is -0.384. The van der Waals surface area contributed by atoms with Gasteiger partial charge >= 0.3 is 5.97 Å². The third-order valence-corrected chi connectivity index (χ3v) is 3.83. The Balaban J connectivity index is 3.06. The predicted molar refractivity (Wildman–Crippen MR) is 74.0 cm³/mol. The number of nitrogens with zero attached hydrogens (tertiary/aromatic N) is 1. The van der Waals surface area contributed by atoms with E-state index in [1.807, 2.05) is 0 Å². The van der Waals surface area contributed by atoms with E-state index in [1.54, 1.807) is 0 Å². The van der Waals surface area contributed by atoms with E-state index in [0.717, 1.165) is 18.2 Å². The van der Waals surface area contributed by atoms with Crippen molar-refractivity contribution in [1.82, 2.24) is 0 Å². The zero-order chi connectivity index (χ0) is 16.0. The van der Waals surface area contributed by atoms with Crippen LogP contribution in [0.1, 0.15) is 16.8 Å². The third-order valence-electron chi connectivity index (χ3n) is 2.47. The van der Waals surface area contributed by atoms with Crippen molar-refractivity contribution in [2.45, 2.75) is 6.42 Å². The van der Waals surface area contributed by atoms with Crippen LogP contribution in [0.25, 0.3) is 0 Å². The van der Waals surface area contributed by atoms with Gasteiger partial charge in [-0.05, 0) is 12.5 Å². The molecule has 0 saturated heterocycles. The number of sulfonamides is 1. The maximum absolute atomic E-state index is 11.8. The molecule has 0 aliphatic rings. The fourth-order valence-corrected chi connectivity index (χ4v) is 2.63. The minimum atomic E-state index is -3.82. The molecule has 0 saturated carbocycles. The molecule has 9 nitrogen and oxygen atoms in total. The molecule has 0 fully saturated rings. The van der Waals surface area contributed by atoms with Crippen LogP contribution in [0, 0.1) is 10.1 Å². The van der Waals surface area contributed by atoms with Gasteiger partial charge in [-0.3, -0.25) is 14.8 Å². The van der Waals surface area contributed by atoms with Crippen LogP contribution in [-0.2, 0) is 14.8 Å². The van der Waals surface area contributed by atoms with E-state index in [4.69, 9.17) is 9.84 Å². The van der Waals surface area contributed by atoms with E-state index in [1.165, 1.54) is 7.11 Å².